The van der Waals surface area contributed by atoms with Crippen molar-refractivity contribution < 1.29 is 9.53 Å². The summed E-state index contributed by atoms with van der Waals surface area (Å²) in [6.45, 7) is 2.12. The monoisotopic (exact) mass is 417 g/mol. The summed E-state index contributed by atoms with van der Waals surface area (Å²) in [6, 6.07) is 14.9. The van der Waals surface area contributed by atoms with Crippen LogP contribution in [-0.2, 0) is 4.74 Å². The first-order valence-electron chi connectivity index (χ1n) is 9.84. The van der Waals surface area contributed by atoms with Crippen molar-refractivity contribution in [1.82, 2.24) is 19.9 Å². The number of carbonyl (C=O) groups excluding carboxylic acids is 1. The summed E-state index contributed by atoms with van der Waals surface area (Å²) in [5, 5.41) is 6.55. The van der Waals surface area contributed by atoms with Crippen molar-refractivity contribution in [2.24, 2.45) is 0 Å². The van der Waals surface area contributed by atoms with Crippen LogP contribution in [0.3, 0.4) is 0 Å². The van der Waals surface area contributed by atoms with Crippen molar-refractivity contribution in [3.63, 3.8) is 0 Å². The highest BCUT2D eigenvalue weighted by Gasteiger charge is 2.13. The highest BCUT2D eigenvalue weighted by Crippen LogP contribution is 2.28. The zero-order valence-corrected chi connectivity index (χ0v) is 17.5. The molecule has 3 N–H and O–H groups in total. The van der Waals surface area contributed by atoms with Crippen molar-refractivity contribution in [3.8, 4) is 0 Å². The van der Waals surface area contributed by atoms with Gasteiger partial charge in [0.25, 0.3) is 0 Å². The lowest BCUT2D eigenvalue weighted by Gasteiger charge is -2.18. The van der Waals surface area contributed by atoms with Gasteiger partial charge >= 0.3 is 5.97 Å². The van der Waals surface area contributed by atoms with Gasteiger partial charge in [0.2, 0.25) is 5.95 Å². The first kappa shape index (κ1) is 20.1. The van der Waals surface area contributed by atoms with Crippen LogP contribution in [0.2, 0.25) is 0 Å². The number of fused-ring (bicyclic) bond motifs is 1. The van der Waals surface area contributed by atoms with Gasteiger partial charge in [-0.15, -0.1) is 0 Å². The van der Waals surface area contributed by atoms with E-state index in [4.69, 9.17) is 4.74 Å². The number of esters is 1. The largest absolute Gasteiger partial charge is 0.462 e. The Morgan fingerprint density at radius 3 is 2.58 bits per heavy atom. The van der Waals surface area contributed by atoms with Crippen LogP contribution in [0.4, 0.5) is 28.8 Å². The minimum atomic E-state index is -0.350. The number of nitrogens with one attached hydrogen (secondary N) is 3. The topological polar surface area (TPSA) is 108 Å². The van der Waals surface area contributed by atoms with Crippen molar-refractivity contribution in [3.05, 3.63) is 60.4 Å². The van der Waals surface area contributed by atoms with E-state index in [1.165, 1.54) is 0 Å². The third-order valence-electron chi connectivity index (χ3n) is 4.57. The van der Waals surface area contributed by atoms with Crippen LogP contribution in [0, 0.1) is 0 Å². The highest BCUT2D eigenvalue weighted by atomic mass is 16.5. The summed E-state index contributed by atoms with van der Waals surface area (Å²) in [4.78, 5) is 30.4. The molecule has 2 heterocycles. The van der Waals surface area contributed by atoms with Gasteiger partial charge < -0.3 is 25.3 Å². The SMILES string of the molecule is CCOC(=O)c1ccc(Nc2nc(Nc3ccccc3N(C)C)nc3[nH]cnc23)cc1. The molecule has 2 aromatic heterocycles. The number of para-hydroxylation sites is 2. The Morgan fingerprint density at radius 1 is 1.06 bits per heavy atom. The molecular formula is C22H23N7O2. The van der Waals surface area contributed by atoms with Gasteiger partial charge in [-0.05, 0) is 43.3 Å². The molecule has 4 rings (SSSR count). The van der Waals surface area contributed by atoms with E-state index in [0.717, 1.165) is 17.1 Å². The zero-order chi connectivity index (χ0) is 21.8. The molecule has 4 aromatic rings. The number of nitrogens with zero attached hydrogens (tertiary/aromatic N) is 4. The van der Waals surface area contributed by atoms with Gasteiger partial charge in [-0.3, -0.25) is 0 Å². The molecule has 9 heteroatoms. The lowest BCUT2D eigenvalue weighted by atomic mass is 10.2. The number of anilines is 5. The first-order chi connectivity index (χ1) is 15.0. The second kappa shape index (κ2) is 8.70. The Balaban J connectivity index is 1.63. The van der Waals surface area contributed by atoms with Gasteiger partial charge in [-0.2, -0.15) is 9.97 Å². The summed E-state index contributed by atoms with van der Waals surface area (Å²) >= 11 is 0. The molecule has 0 bridgehead atoms. The summed E-state index contributed by atoms with van der Waals surface area (Å²) in [7, 11) is 3.96. The van der Waals surface area contributed by atoms with Crippen molar-refractivity contribution in [2.75, 3.05) is 36.2 Å². The molecule has 0 aliphatic carbocycles. The Morgan fingerprint density at radius 2 is 1.84 bits per heavy atom. The highest BCUT2D eigenvalue weighted by molar-refractivity contribution is 5.90. The van der Waals surface area contributed by atoms with Gasteiger partial charge in [0.15, 0.2) is 17.0 Å². The van der Waals surface area contributed by atoms with E-state index in [9.17, 15) is 4.79 Å². The first-order valence-corrected chi connectivity index (χ1v) is 9.84. The average Bonchev–Trinajstić information content (AvgIpc) is 3.24. The molecule has 9 nitrogen and oxygen atoms in total. The Labute approximate surface area is 179 Å². The maximum Gasteiger partial charge on any atom is 0.338 e. The molecule has 31 heavy (non-hydrogen) atoms. The third kappa shape index (κ3) is 4.40. The van der Waals surface area contributed by atoms with Crippen LogP contribution in [0.5, 0.6) is 0 Å². The van der Waals surface area contributed by atoms with Crippen molar-refractivity contribution in [1.29, 1.82) is 0 Å². The van der Waals surface area contributed by atoms with E-state index in [-0.39, 0.29) is 5.97 Å². The maximum atomic E-state index is 11.9. The number of carbonyl (C=O) groups is 1. The molecule has 0 radical (unpaired) electrons. The summed E-state index contributed by atoms with van der Waals surface area (Å²) in [5.74, 6) is 0.619. The maximum absolute atomic E-state index is 11.9. The van der Waals surface area contributed by atoms with Gasteiger partial charge in [0, 0.05) is 19.8 Å². The van der Waals surface area contributed by atoms with Crippen LogP contribution in [0.25, 0.3) is 11.2 Å². The molecule has 0 spiro atoms. The Hall–Kier alpha value is -4.14. The van der Waals surface area contributed by atoms with E-state index in [1.807, 2.05) is 43.3 Å². The molecule has 0 aliphatic heterocycles. The summed E-state index contributed by atoms with van der Waals surface area (Å²) in [5.41, 5.74) is 4.36. The fourth-order valence-electron chi connectivity index (χ4n) is 3.11. The lowest BCUT2D eigenvalue weighted by Crippen LogP contribution is -2.11. The van der Waals surface area contributed by atoms with Gasteiger partial charge in [0.1, 0.15) is 0 Å². The second-order valence-corrected chi connectivity index (χ2v) is 6.95. The van der Waals surface area contributed by atoms with Gasteiger partial charge in [-0.25, -0.2) is 9.78 Å². The molecule has 158 valence electrons. The minimum absolute atomic E-state index is 0.337. The molecule has 0 amide bonds. The van der Waals surface area contributed by atoms with Gasteiger partial charge in [0.05, 0.1) is 29.9 Å². The number of ether oxygens (including phenoxy) is 1. The average molecular weight is 417 g/mol. The number of hydrogen-bond donors (Lipinski definition) is 3. The molecule has 0 unspecified atom stereocenters. The smallest absolute Gasteiger partial charge is 0.338 e. The number of imidazole rings is 1. The van der Waals surface area contributed by atoms with E-state index in [1.54, 1.807) is 37.5 Å². The third-order valence-corrected chi connectivity index (χ3v) is 4.57. The van der Waals surface area contributed by atoms with Crippen LogP contribution in [0.1, 0.15) is 17.3 Å². The molecule has 0 aliphatic rings. The molecule has 0 atom stereocenters. The quantitative estimate of drug-likeness (QED) is 0.386. The van der Waals surface area contributed by atoms with Crippen LogP contribution in [-0.4, -0.2) is 46.6 Å². The fraction of sp³-hybridized carbons (Fsp3) is 0.182. The van der Waals surface area contributed by atoms with Crippen molar-refractivity contribution >= 4 is 46.0 Å². The number of benzene rings is 2. The Kier molecular flexibility index (Phi) is 5.65. The minimum Gasteiger partial charge on any atom is -0.462 e. The van der Waals surface area contributed by atoms with Gasteiger partial charge in [-0.1, -0.05) is 12.1 Å². The predicted molar refractivity (Wildman–Crippen MR) is 121 cm³/mol. The van der Waals surface area contributed by atoms with Crippen LogP contribution >= 0.6 is 0 Å². The number of aromatic nitrogens is 4. The standard InChI is InChI=1S/C22H23N7O2/c1-4-31-21(30)14-9-11-15(12-10-14)25-20-18-19(24-13-23-18)27-22(28-20)26-16-7-5-6-8-17(16)29(2)3/h5-13H,4H2,1-3H3,(H3,23,24,25,26,27,28). The molecule has 0 saturated carbocycles. The summed E-state index contributed by atoms with van der Waals surface area (Å²) in [6.07, 6.45) is 1.58. The molecular weight excluding hydrogens is 394 g/mol. The van der Waals surface area contributed by atoms with Crippen LogP contribution < -0.4 is 15.5 Å². The number of H-pyrrole nitrogens is 1. The number of rotatable bonds is 7. The zero-order valence-electron chi connectivity index (χ0n) is 17.5. The number of aromatic amines is 1. The fourth-order valence-corrected chi connectivity index (χ4v) is 3.11. The normalized spacial score (nSPS) is 10.7. The van der Waals surface area contributed by atoms with E-state index >= 15 is 0 Å². The van der Waals surface area contributed by atoms with E-state index < -0.39 is 0 Å². The predicted octanol–water partition coefficient (Wildman–Crippen LogP) is 4.08. The Bertz CT molecular complexity index is 1200. The van der Waals surface area contributed by atoms with Crippen molar-refractivity contribution in [2.45, 2.75) is 6.92 Å². The molecule has 0 fully saturated rings. The van der Waals surface area contributed by atoms with E-state index in [2.05, 4.69) is 30.6 Å². The summed E-state index contributed by atoms with van der Waals surface area (Å²) < 4.78 is 5.03. The lowest BCUT2D eigenvalue weighted by molar-refractivity contribution is 0.0526. The van der Waals surface area contributed by atoms with Crippen LogP contribution in [0.15, 0.2) is 54.9 Å². The number of hydrogen-bond acceptors (Lipinski definition) is 8. The second-order valence-electron chi connectivity index (χ2n) is 6.95. The van der Waals surface area contributed by atoms with E-state index in [0.29, 0.717) is 35.1 Å². The molecule has 2 aromatic carbocycles. The molecule has 0 saturated heterocycles.